The molecule has 0 amide bonds. The number of para-hydroxylation sites is 1. The lowest BCUT2D eigenvalue weighted by molar-refractivity contribution is 1.28. The Bertz CT molecular complexity index is 2450. The van der Waals surface area contributed by atoms with E-state index in [1.54, 1.807) is 0 Å². The van der Waals surface area contributed by atoms with Gasteiger partial charge in [0.05, 0.1) is 0 Å². The third kappa shape index (κ3) is 5.88. The maximum atomic E-state index is 3.86. The average molecular weight is 646 g/mol. The zero-order chi connectivity index (χ0) is 33.2. The molecule has 8 aromatic rings. The predicted octanol–water partition coefficient (Wildman–Crippen LogP) is 14.0. The number of fused-ring (bicyclic) bond motifs is 3. The molecule has 2 heteroatoms. The van der Waals surface area contributed by atoms with Crippen LogP contribution < -0.4 is 4.90 Å². The molecule has 49 heavy (non-hydrogen) atoms. The minimum Gasteiger partial charge on any atom is -0.311 e. The minimum atomic E-state index is 1.11. The molecule has 0 N–H and O–H groups in total. The third-order valence-corrected chi connectivity index (χ3v) is 10.3. The molecule has 0 unspecified atom stereocenters. The van der Waals surface area contributed by atoms with Crippen LogP contribution in [0.5, 0.6) is 0 Å². The van der Waals surface area contributed by atoms with E-state index in [2.05, 4.69) is 188 Å². The normalized spacial score (nSPS) is 11.4. The summed E-state index contributed by atoms with van der Waals surface area (Å²) in [6, 6.07) is 59.2. The zero-order valence-corrected chi connectivity index (χ0v) is 28.2. The highest BCUT2D eigenvalue weighted by Crippen LogP contribution is 2.42. The second-order valence-electron chi connectivity index (χ2n) is 12.3. The highest BCUT2D eigenvalue weighted by atomic mass is 32.1. The predicted molar refractivity (Wildman–Crippen MR) is 214 cm³/mol. The minimum absolute atomic E-state index is 1.11. The van der Waals surface area contributed by atoms with Crippen LogP contribution in [0.15, 0.2) is 183 Å². The standard InChI is InChI=1S/C47H35NS/c1-3-4-18-41-33(2)13-10-20-42(41)37-15-11-14-36(32-37)34-24-28-39(29-25-34)48(38-16-6-5-7-17-38)40-30-26-35(27-31-40)43-21-12-23-46-47(43)44-19-8-9-22-45(44)49-46/h3-32H,1H2,2H3/b18-4-. The van der Waals surface area contributed by atoms with Gasteiger partial charge in [0.15, 0.2) is 0 Å². The first-order valence-corrected chi connectivity index (χ1v) is 17.4. The summed E-state index contributed by atoms with van der Waals surface area (Å²) < 4.78 is 2.65. The van der Waals surface area contributed by atoms with Gasteiger partial charge in [0, 0.05) is 37.2 Å². The van der Waals surface area contributed by atoms with Gasteiger partial charge in [0.25, 0.3) is 0 Å². The molecular formula is C47H35NS. The Hall–Kier alpha value is -5.96. The number of hydrogen-bond acceptors (Lipinski definition) is 2. The SMILES string of the molecule is C=C/C=C\c1c(C)cccc1-c1cccc(-c2ccc(N(c3ccccc3)c3ccc(-c4cccc5sc6ccccc6c45)cc3)cc2)c1. The van der Waals surface area contributed by atoms with E-state index in [0.717, 1.165) is 17.1 Å². The first-order valence-electron chi connectivity index (χ1n) is 16.6. The van der Waals surface area contributed by atoms with Crippen molar-refractivity contribution < 1.29 is 0 Å². The first-order chi connectivity index (χ1) is 24.2. The molecule has 8 rings (SSSR count). The molecule has 0 saturated heterocycles. The maximum Gasteiger partial charge on any atom is 0.0462 e. The molecule has 1 aromatic heterocycles. The molecule has 0 aliphatic heterocycles. The van der Waals surface area contributed by atoms with Crippen LogP contribution in [-0.4, -0.2) is 0 Å². The van der Waals surface area contributed by atoms with Crippen molar-refractivity contribution in [1.29, 1.82) is 0 Å². The van der Waals surface area contributed by atoms with Gasteiger partial charge in [-0.3, -0.25) is 0 Å². The lowest BCUT2D eigenvalue weighted by atomic mass is 9.93. The Kier molecular flexibility index (Phi) is 8.23. The van der Waals surface area contributed by atoms with Crippen LogP contribution in [0.1, 0.15) is 11.1 Å². The lowest BCUT2D eigenvalue weighted by Gasteiger charge is -2.26. The molecule has 0 aliphatic carbocycles. The maximum absolute atomic E-state index is 3.86. The Morgan fingerprint density at radius 1 is 0.510 bits per heavy atom. The van der Waals surface area contributed by atoms with Crippen molar-refractivity contribution in [2.75, 3.05) is 4.90 Å². The number of hydrogen-bond donors (Lipinski definition) is 0. The van der Waals surface area contributed by atoms with Crippen molar-refractivity contribution in [3.8, 4) is 33.4 Å². The number of aryl methyl sites for hydroxylation is 1. The van der Waals surface area contributed by atoms with Crippen molar-refractivity contribution in [1.82, 2.24) is 0 Å². The molecule has 0 saturated carbocycles. The second-order valence-corrected chi connectivity index (χ2v) is 13.3. The molecule has 7 aromatic carbocycles. The van der Waals surface area contributed by atoms with Crippen LogP contribution >= 0.6 is 11.3 Å². The third-order valence-electron chi connectivity index (χ3n) is 9.21. The smallest absolute Gasteiger partial charge is 0.0462 e. The Labute approximate surface area is 292 Å². The summed E-state index contributed by atoms with van der Waals surface area (Å²) in [5.74, 6) is 0. The van der Waals surface area contributed by atoms with Crippen molar-refractivity contribution in [3.63, 3.8) is 0 Å². The van der Waals surface area contributed by atoms with Crippen LogP contribution in [0, 0.1) is 6.92 Å². The Morgan fingerprint density at radius 3 is 1.90 bits per heavy atom. The number of benzene rings is 7. The van der Waals surface area contributed by atoms with Crippen LogP contribution in [-0.2, 0) is 0 Å². The Balaban J connectivity index is 1.14. The van der Waals surface area contributed by atoms with Gasteiger partial charge < -0.3 is 4.90 Å². The fourth-order valence-electron chi connectivity index (χ4n) is 6.82. The van der Waals surface area contributed by atoms with Crippen LogP contribution in [0.4, 0.5) is 17.1 Å². The summed E-state index contributed by atoms with van der Waals surface area (Å²) in [7, 11) is 0. The van der Waals surface area contributed by atoms with Gasteiger partial charge in [-0.05, 0) is 106 Å². The summed E-state index contributed by atoms with van der Waals surface area (Å²) >= 11 is 1.86. The summed E-state index contributed by atoms with van der Waals surface area (Å²) in [6.07, 6.45) is 5.98. The molecule has 234 valence electrons. The average Bonchev–Trinajstić information content (AvgIpc) is 3.55. The van der Waals surface area contributed by atoms with Gasteiger partial charge >= 0.3 is 0 Å². The number of allylic oxidation sites excluding steroid dienone is 2. The van der Waals surface area contributed by atoms with Gasteiger partial charge in [-0.1, -0.05) is 134 Å². The summed E-state index contributed by atoms with van der Waals surface area (Å²) in [5, 5.41) is 2.66. The molecule has 0 atom stereocenters. The largest absolute Gasteiger partial charge is 0.311 e. The van der Waals surface area contributed by atoms with E-state index in [4.69, 9.17) is 0 Å². The van der Waals surface area contributed by atoms with E-state index >= 15 is 0 Å². The number of thiophene rings is 1. The van der Waals surface area contributed by atoms with E-state index in [1.807, 2.05) is 23.5 Å². The van der Waals surface area contributed by atoms with E-state index in [9.17, 15) is 0 Å². The molecule has 1 heterocycles. The van der Waals surface area contributed by atoms with Crippen molar-refractivity contribution in [2.24, 2.45) is 0 Å². The van der Waals surface area contributed by atoms with Gasteiger partial charge in [-0.15, -0.1) is 11.3 Å². The highest BCUT2D eigenvalue weighted by molar-refractivity contribution is 7.25. The van der Waals surface area contributed by atoms with E-state index in [1.165, 1.54) is 64.7 Å². The molecular weight excluding hydrogens is 611 g/mol. The van der Waals surface area contributed by atoms with Crippen molar-refractivity contribution in [2.45, 2.75) is 6.92 Å². The summed E-state index contributed by atoms with van der Waals surface area (Å²) in [4.78, 5) is 2.33. The molecule has 0 fully saturated rings. The molecule has 0 radical (unpaired) electrons. The number of rotatable bonds is 8. The lowest BCUT2D eigenvalue weighted by Crippen LogP contribution is -2.09. The quantitative estimate of drug-likeness (QED) is 0.149. The molecule has 0 bridgehead atoms. The topological polar surface area (TPSA) is 3.24 Å². The van der Waals surface area contributed by atoms with Crippen molar-refractivity contribution >= 4 is 54.6 Å². The van der Waals surface area contributed by atoms with E-state index < -0.39 is 0 Å². The van der Waals surface area contributed by atoms with Gasteiger partial charge in [-0.25, -0.2) is 0 Å². The second kappa shape index (κ2) is 13.3. The summed E-state index contributed by atoms with van der Waals surface area (Å²) in [6.45, 7) is 6.02. The fraction of sp³-hybridized carbons (Fsp3) is 0.0213. The molecule has 0 spiro atoms. The Morgan fingerprint density at radius 2 is 1.12 bits per heavy atom. The van der Waals surface area contributed by atoms with E-state index in [0.29, 0.717) is 0 Å². The monoisotopic (exact) mass is 645 g/mol. The molecule has 0 aliphatic rings. The zero-order valence-electron chi connectivity index (χ0n) is 27.4. The van der Waals surface area contributed by atoms with Crippen LogP contribution in [0.2, 0.25) is 0 Å². The van der Waals surface area contributed by atoms with Crippen LogP contribution in [0.3, 0.4) is 0 Å². The van der Waals surface area contributed by atoms with Gasteiger partial charge in [0.1, 0.15) is 0 Å². The van der Waals surface area contributed by atoms with E-state index in [-0.39, 0.29) is 0 Å². The van der Waals surface area contributed by atoms with Gasteiger partial charge in [0.2, 0.25) is 0 Å². The first kappa shape index (κ1) is 30.4. The van der Waals surface area contributed by atoms with Gasteiger partial charge in [-0.2, -0.15) is 0 Å². The number of nitrogens with zero attached hydrogens (tertiary/aromatic N) is 1. The summed E-state index contributed by atoms with van der Waals surface area (Å²) in [5.41, 5.74) is 13.1. The number of anilines is 3. The van der Waals surface area contributed by atoms with Crippen molar-refractivity contribution in [3.05, 3.63) is 194 Å². The fourth-order valence-corrected chi connectivity index (χ4v) is 7.95. The molecule has 1 nitrogen and oxygen atoms in total. The highest BCUT2D eigenvalue weighted by Gasteiger charge is 2.15. The van der Waals surface area contributed by atoms with Crippen LogP contribution in [0.25, 0.3) is 59.6 Å².